The lowest BCUT2D eigenvalue weighted by Crippen LogP contribution is -2.38. The Hall–Kier alpha value is -1.35. The first-order valence-electron chi connectivity index (χ1n) is 8.38. The van der Waals surface area contributed by atoms with E-state index in [1.165, 1.54) is 31.2 Å². The second-order valence-electron chi connectivity index (χ2n) is 6.45. The van der Waals surface area contributed by atoms with E-state index in [1.807, 2.05) is 0 Å². The second kappa shape index (κ2) is 7.08. The fourth-order valence-electron chi connectivity index (χ4n) is 3.57. The summed E-state index contributed by atoms with van der Waals surface area (Å²) < 4.78 is 0. The molecule has 2 fully saturated rings. The van der Waals surface area contributed by atoms with Crippen LogP contribution in [0.25, 0.3) is 0 Å². The zero-order valence-electron chi connectivity index (χ0n) is 12.8. The number of amides is 1. The number of rotatable bonds is 3. The fraction of sp³-hybridized carbons (Fsp3) is 0.611. The molecule has 1 atom stereocenters. The molecule has 0 aliphatic carbocycles. The molecule has 0 bridgehead atoms. The summed E-state index contributed by atoms with van der Waals surface area (Å²) in [6.45, 7) is 4.93. The van der Waals surface area contributed by atoms with E-state index in [0.717, 1.165) is 39.1 Å². The Morgan fingerprint density at radius 1 is 1.00 bits per heavy atom. The normalized spacial score (nSPS) is 24.0. The van der Waals surface area contributed by atoms with Gasteiger partial charge in [-0.15, -0.1) is 0 Å². The molecule has 2 aliphatic rings. The molecule has 0 spiro atoms. The summed E-state index contributed by atoms with van der Waals surface area (Å²) >= 11 is 0. The summed E-state index contributed by atoms with van der Waals surface area (Å²) in [5.41, 5.74) is 1.35. The van der Waals surface area contributed by atoms with Crippen LogP contribution in [-0.2, 0) is 11.3 Å². The molecule has 3 heteroatoms. The highest BCUT2D eigenvalue weighted by atomic mass is 16.2. The van der Waals surface area contributed by atoms with E-state index in [-0.39, 0.29) is 5.92 Å². The van der Waals surface area contributed by atoms with Crippen LogP contribution < -0.4 is 0 Å². The lowest BCUT2D eigenvalue weighted by Gasteiger charge is -2.24. The minimum Gasteiger partial charge on any atom is -0.342 e. The summed E-state index contributed by atoms with van der Waals surface area (Å²) in [4.78, 5) is 17.2. The fourth-order valence-corrected chi connectivity index (χ4v) is 3.57. The van der Waals surface area contributed by atoms with E-state index < -0.39 is 0 Å². The zero-order valence-corrected chi connectivity index (χ0v) is 12.8. The summed E-state index contributed by atoms with van der Waals surface area (Å²) in [6, 6.07) is 10.6. The lowest BCUT2D eigenvalue weighted by atomic mass is 10.1. The Bertz CT molecular complexity index is 452. The lowest BCUT2D eigenvalue weighted by molar-refractivity contribution is -0.135. The molecule has 114 valence electrons. The van der Waals surface area contributed by atoms with Gasteiger partial charge in [-0.25, -0.2) is 0 Å². The van der Waals surface area contributed by atoms with Gasteiger partial charge in [0.1, 0.15) is 0 Å². The Labute approximate surface area is 127 Å². The Balaban J connectivity index is 1.52. The SMILES string of the molecule is O=C(C1CCN(Cc2ccccc2)C1)N1CCCCCC1. The van der Waals surface area contributed by atoms with Gasteiger partial charge in [0.05, 0.1) is 5.92 Å². The molecule has 0 radical (unpaired) electrons. The monoisotopic (exact) mass is 286 g/mol. The van der Waals surface area contributed by atoms with Crippen molar-refractivity contribution in [2.75, 3.05) is 26.2 Å². The first kappa shape index (κ1) is 14.6. The van der Waals surface area contributed by atoms with Crippen LogP contribution >= 0.6 is 0 Å². The van der Waals surface area contributed by atoms with Crippen LogP contribution in [0.3, 0.4) is 0 Å². The highest BCUT2D eigenvalue weighted by molar-refractivity contribution is 5.79. The minimum absolute atomic E-state index is 0.229. The summed E-state index contributed by atoms with van der Waals surface area (Å²) in [5, 5.41) is 0. The number of carbonyl (C=O) groups excluding carboxylic acids is 1. The maximum absolute atomic E-state index is 12.7. The molecule has 2 aliphatic heterocycles. The molecule has 2 saturated heterocycles. The Kier molecular flexibility index (Phi) is 4.91. The quantitative estimate of drug-likeness (QED) is 0.853. The Morgan fingerprint density at radius 3 is 2.43 bits per heavy atom. The van der Waals surface area contributed by atoms with Gasteiger partial charge >= 0.3 is 0 Å². The predicted molar refractivity (Wildman–Crippen MR) is 84.9 cm³/mol. The maximum Gasteiger partial charge on any atom is 0.227 e. The molecule has 0 N–H and O–H groups in total. The molecular formula is C18H26N2O. The number of carbonyl (C=O) groups is 1. The van der Waals surface area contributed by atoms with Gasteiger partial charge < -0.3 is 4.90 Å². The van der Waals surface area contributed by atoms with Gasteiger partial charge in [-0.1, -0.05) is 43.2 Å². The van der Waals surface area contributed by atoms with Crippen molar-refractivity contribution >= 4 is 5.91 Å². The average molecular weight is 286 g/mol. The third kappa shape index (κ3) is 3.85. The van der Waals surface area contributed by atoms with Gasteiger partial charge in [-0.3, -0.25) is 9.69 Å². The number of benzene rings is 1. The first-order chi connectivity index (χ1) is 10.3. The molecule has 2 heterocycles. The highest BCUT2D eigenvalue weighted by Crippen LogP contribution is 2.22. The van der Waals surface area contributed by atoms with Crippen LogP contribution in [0.5, 0.6) is 0 Å². The number of nitrogens with zero attached hydrogens (tertiary/aromatic N) is 2. The average Bonchev–Trinajstić information content (AvgIpc) is 2.81. The van der Waals surface area contributed by atoms with Crippen LogP contribution in [0, 0.1) is 5.92 Å². The van der Waals surface area contributed by atoms with Crippen molar-refractivity contribution in [1.29, 1.82) is 0 Å². The molecule has 21 heavy (non-hydrogen) atoms. The molecule has 1 unspecified atom stereocenters. The van der Waals surface area contributed by atoms with Crippen molar-refractivity contribution in [1.82, 2.24) is 9.80 Å². The third-order valence-electron chi connectivity index (χ3n) is 4.79. The molecule has 1 aromatic carbocycles. The number of likely N-dealkylation sites (tertiary alicyclic amines) is 2. The summed E-state index contributed by atoms with van der Waals surface area (Å²) in [7, 11) is 0. The Morgan fingerprint density at radius 2 is 1.71 bits per heavy atom. The molecule has 0 aromatic heterocycles. The van der Waals surface area contributed by atoms with Gasteiger partial charge in [0.25, 0.3) is 0 Å². The summed E-state index contributed by atoms with van der Waals surface area (Å²) in [5.74, 6) is 0.638. The van der Waals surface area contributed by atoms with Crippen LogP contribution in [0.2, 0.25) is 0 Å². The van der Waals surface area contributed by atoms with Gasteiger partial charge in [0, 0.05) is 26.2 Å². The number of hydrogen-bond acceptors (Lipinski definition) is 2. The van der Waals surface area contributed by atoms with Crippen LogP contribution in [0.1, 0.15) is 37.7 Å². The number of hydrogen-bond donors (Lipinski definition) is 0. The predicted octanol–water partition coefficient (Wildman–Crippen LogP) is 2.91. The van der Waals surface area contributed by atoms with Crippen molar-refractivity contribution in [3.63, 3.8) is 0 Å². The van der Waals surface area contributed by atoms with E-state index in [4.69, 9.17) is 0 Å². The molecule has 3 rings (SSSR count). The topological polar surface area (TPSA) is 23.6 Å². The third-order valence-corrected chi connectivity index (χ3v) is 4.79. The molecule has 3 nitrogen and oxygen atoms in total. The van der Waals surface area contributed by atoms with Crippen molar-refractivity contribution in [3.8, 4) is 0 Å². The van der Waals surface area contributed by atoms with E-state index in [2.05, 4.69) is 40.1 Å². The maximum atomic E-state index is 12.7. The molecule has 0 saturated carbocycles. The molecule has 1 amide bonds. The standard InChI is InChI=1S/C18H26N2O/c21-18(20-11-6-1-2-7-12-20)17-10-13-19(15-17)14-16-8-4-3-5-9-16/h3-5,8-9,17H,1-2,6-7,10-15H2. The van der Waals surface area contributed by atoms with E-state index in [0.29, 0.717) is 5.91 Å². The van der Waals surface area contributed by atoms with E-state index in [9.17, 15) is 4.79 Å². The highest BCUT2D eigenvalue weighted by Gasteiger charge is 2.31. The van der Waals surface area contributed by atoms with Crippen molar-refractivity contribution in [2.45, 2.75) is 38.6 Å². The van der Waals surface area contributed by atoms with Gasteiger partial charge in [0.15, 0.2) is 0 Å². The van der Waals surface area contributed by atoms with Gasteiger partial charge in [-0.05, 0) is 31.4 Å². The molecule has 1 aromatic rings. The van der Waals surface area contributed by atoms with E-state index >= 15 is 0 Å². The van der Waals surface area contributed by atoms with Crippen molar-refractivity contribution in [3.05, 3.63) is 35.9 Å². The molecular weight excluding hydrogens is 260 g/mol. The minimum atomic E-state index is 0.229. The van der Waals surface area contributed by atoms with Crippen LogP contribution in [-0.4, -0.2) is 41.9 Å². The van der Waals surface area contributed by atoms with Crippen molar-refractivity contribution in [2.24, 2.45) is 5.92 Å². The first-order valence-corrected chi connectivity index (χ1v) is 8.38. The van der Waals surface area contributed by atoms with Gasteiger partial charge in [-0.2, -0.15) is 0 Å². The van der Waals surface area contributed by atoms with Crippen molar-refractivity contribution < 1.29 is 4.79 Å². The van der Waals surface area contributed by atoms with Crippen LogP contribution in [0.4, 0.5) is 0 Å². The summed E-state index contributed by atoms with van der Waals surface area (Å²) in [6.07, 6.45) is 5.98. The zero-order chi connectivity index (χ0) is 14.5. The second-order valence-corrected chi connectivity index (χ2v) is 6.45. The largest absolute Gasteiger partial charge is 0.342 e. The van der Waals surface area contributed by atoms with Gasteiger partial charge in [0.2, 0.25) is 5.91 Å². The smallest absolute Gasteiger partial charge is 0.227 e. The van der Waals surface area contributed by atoms with Crippen LogP contribution in [0.15, 0.2) is 30.3 Å². The van der Waals surface area contributed by atoms with E-state index in [1.54, 1.807) is 0 Å².